The van der Waals surface area contributed by atoms with Crippen LogP contribution in [0.1, 0.15) is 40.3 Å². The largest absolute Gasteiger partial charge is 0.351 e. The molecule has 0 saturated carbocycles. The van der Waals surface area contributed by atoms with Crippen molar-refractivity contribution in [2.24, 2.45) is 0 Å². The van der Waals surface area contributed by atoms with Crippen molar-refractivity contribution in [2.75, 3.05) is 4.90 Å². The van der Waals surface area contributed by atoms with E-state index in [4.69, 9.17) is 12.2 Å². The van der Waals surface area contributed by atoms with Gasteiger partial charge < -0.3 is 14.8 Å². The third-order valence-electron chi connectivity index (χ3n) is 6.01. The van der Waals surface area contributed by atoms with Crippen molar-refractivity contribution in [1.29, 1.82) is 0 Å². The van der Waals surface area contributed by atoms with Gasteiger partial charge in [0.15, 0.2) is 5.11 Å². The molecule has 0 spiro atoms. The Morgan fingerprint density at radius 1 is 0.812 bits per heavy atom. The van der Waals surface area contributed by atoms with Crippen LogP contribution in [0.2, 0.25) is 0 Å². The first-order chi connectivity index (χ1) is 15.5. The summed E-state index contributed by atoms with van der Waals surface area (Å²) < 4.78 is 2.33. The molecule has 1 aliphatic heterocycles. The molecule has 0 unspecified atom stereocenters. The molecular formula is C27H26N4S. The molecule has 160 valence electrons. The van der Waals surface area contributed by atoms with Crippen LogP contribution < -0.4 is 10.2 Å². The molecule has 32 heavy (non-hydrogen) atoms. The first-order valence-electron chi connectivity index (χ1n) is 10.9. The van der Waals surface area contributed by atoms with Gasteiger partial charge in [-0.1, -0.05) is 30.3 Å². The zero-order valence-corrected chi connectivity index (χ0v) is 19.3. The van der Waals surface area contributed by atoms with Crippen molar-refractivity contribution >= 4 is 23.0 Å². The van der Waals surface area contributed by atoms with E-state index in [1.165, 1.54) is 22.5 Å². The molecule has 4 aromatic rings. The average Bonchev–Trinajstić information content (AvgIpc) is 3.33. The van der Waals surface area contributed by atoms with Gasteiger partial charge in [-0.15, -0.1) is 0 Å². The van der Waals surface area contributed by atoms with Crippen LogP contribution in [0.3, 0.4) is 0 Å². The summed E-state index contributed by atoms with van der Waals surface area (Å²) in [6, 6.07) is 27.4. The Labute approximate surface area is 194 Å². The number of benzene rings is 2. The van der Waals surface area contributed by atoms with E-state index in [2.05, 4.69) is 101 Å². The van der Waals surface area contributed by atoms with Crippen LogP contribution in [0.5, 0.6) is 0 Å². The summed E-state index contributed by atoms with van der Waals surface area (Å²) in [6.45, 7) is 6.41. The number of thiocarbonyl (C=S) groups is 1. The zero-order valence-electron chi connectivity index (χ0n) is 18.5. The first kappa shape index (κ1) is 20.5. The maximum Gasteiger partial charge on any atom is 0.174 e. The van der Waals surface area contributed by atoms with Gasteiger partial charge in [-0.05, 0) is 92.6 Å². The highest BCUT2D eigenvalue weighted by atomic mass is 32.1. The van der Waals surface area contributed by atoms with Crippen molar-refractivity contribution in [3.05, 3.63) is 113 Å². The number of hydrogen-bond donors (Lipinski definition) is 1. The molecule has 1 saturated heterocycles. The van der Waals surface area contributed by atoms with Crippen molar-refractivity contribution in [3.8, 4) is 5.69 Å². The molecule has 0 radical (unpaired) electrons. The Hall–Kier alpha value is -3.44. The fourth-order valence-corrected chi connectivity index (χ4v) is 5.09. The van der Waals surface area contributed by atoms with Gasteiger partial charge in [0.2, 0.25) is 0 Å². The highest BCUT2D eigenvalue weighted by molar-refractivity contribution is 7.80. The Bertz CT molecular complexity index is 1240. The number of hydrogen-bond acceptors (Lipinski definition) is 2. The van der Waals surface area contributed by atoms with Crippen LogP contribution in [0.25, 0.3) is 5.69 Å². The fraction of sp³-hybridized carbons (Fsp3) is 0.185. The number of para-hydroxylation sites is 1. The molecule has 1 fully saturated rings. The van der Waals surface area contributed by atoms with Crippen molar-refractivity contribution < 1.29 is 0 Å². The number of aryl methyl sites for hydroxylation is 3. The second-order valence-corrected chi connectivity index (χ2v) is 8.80. The SMILES string of the molecule is Cc1cc(C)cc(N2C(=S)N[C@H](c3ccccn3)[C@H]2c2ccc(C)n2-c2ccccc2)c1. The van der Waals surface area contributed by atoms with E-state index in [1.54, 1.807) is 0 Å². The smallest absolute Gasteiger partial charge is 0.174 e. The summed E-state index contributed by atoms with van der Waals surface area (Å²) in [4.78, 5) is 6.94. The molecule has 2 aromatic carbocycles. The third kappa shape index (κ3) is 3.59. The summed E-state index contributed by atoms with van der Waals surface area (Å²) in [5.41, 5.74) is 8.02. The van der Waals surface area contributed by atoms with E-state index >= 15 is 0 Å². The summed E-state index contributed by atoms with van der Waals surface area (Å²) >= 11 is 5.91. The van der Waals surface area contributed by atoms with E-state index in [0.717, 1.165) is 17.1 Å². The second-order valence-electron chi connectivity index (χ2n) is 8.41. The Balaban J connectivity index is 1.72. The predicted octanol–water partition coefficient (Wildman–Crippen LogP) is 5.97. The standard InChI is InChI=1S/C27H26N4S/c1-18-15-19(2)17-22(16-18)31-26(25(29-27(31)32)23-11-7-8-14-28-23)24-13-12-20(3)30(24)21-9-5-4-6-10-21/h4-17,25-26H,1-3H3,(H,29,32)/t25-,26-/m1/s1. The topological polar surface area (TPSA) is 33.1 Å². The monoisotopic (exact) mass is 438 g/mol. The van der Waals surface area contributed by atoms with Gasteiger partial charge in [0, 0.05) is 29.0 Å². The Morgan fingerprint density at radius 3 is 2.22 bits per heavy atom. The number of aromatic nitrogens is 2. The zero-order chi connectivity index (χ0) is 22.2. The summed E-state index contributed by atoms with van der Waals surface area (Å²) in [6.07, 6.45) is 1.85. The van der Waals surface area contributed by atoms with E-state index in [-0.39, 0.29) is 12.1 Å². The van der Waals surface area contributed by atoms with Crippen LogP contribution in [0.15, 0.2) is 85.1 Å². The van der Waals surface area contributed by atoms with E-state index < -0.39 is 0 Å². The molecule has 3 heterocycles. The lowest BCUT2D eigenvalue weighted by atomic mass is 10.00. The van der Waals surface area contributed by atoms with Crippen molar-refractivity contribution in [2.45, 2.75) is 32.9 Å². The lowest BCUT2D eigenvalue weighted by Crippen LogP contribution is -2.30. The van der Waals surface area contributed by atoms with Crippen LogP contribution in [0.4, 0.5) is 5.69 Å². The fourth-order valence-electron chi connectivity index (χ4n) is 4.74. The van der Waals surface area contributed by atoms with Crippen molar-refractivity contribution in [1.82, 2.24) is 14.9 Å². The van der Waals surface area contributed by atoms with Crippen LogP contribution >= 0.6 is 12.2 Å². The molecule has 4 nitrogen and oxygen atoms in total. The first-order valence-corrected chi connectivity index (χ1v) is 11.3. The minimum atomic E-state index is -0.0683. The molecule has 5 heteroatoms. The van der Waals surface area contributed by atoms with Gasteiger partial charge in [-0.25, -0.2) is 0 Å². The molecule has 1 aliphatic rings. The van der Waals surface area contributed by atoms with Gasteiger partial charge in [0.05, 0.1) is 11.7 Å². The summed E-state index contributed by atoms with van der Waals surface area (Å²) in [7, 11) is 0. The molecule has 2 atom stereocenters. The van der Waals surface area contributed by atoms with Gasteiger partial charge in [-0.2, -0.15) is 0 Å². The van der Waals surface area contributed by atoms with E-state index in [1.807, 2.05) is 24.4 Å². The average molecular weight is 439 g/mol. The lowest BCUT2D eigenvalue weighted by molar-refractivity contribution is 0.548. The molecular weight excluding hydrogens is 412 g/mol. The number of pyridine rings is 1. The maximum atomic E-state index is 5.91. The quantitative estimate of drug-likeness (QED) is 0.398. The van der Waals surface area contributed by atoms with Crippen LogP contribution in [0, 0.1) is 20.8 Å². The number of rotatable bonds is 4. The summed E-state index contributed by atoms with van der Waals surface area (Å²) in [5, 5.41) is 4.29. The summed E-state index contributed by atoms with van der Waals surface area (Å²) in [5.74, 6) is 0. The molecule has 2 aromatic heterocycles. The van der Waals surface area contributed by atoms with Gasteiger partial charge in [0.1, 0.15) is 6.04 Å². The Morgan fingerprint density at radius 2 is 1.53 bits per heavy atom. The lowest BCUT2D eigenvalue weighted by Gasteiger charge is -2.30. The van der Waals surface area contributed by atoms with Crippen LogP contribution in [-0.2, 0) is 0 Å². The minimum absolute atomic E-state index is 0.0486. The number of anilines is 1. The third-order valence-corrected chi connectivity index (χ3v) is 6.32. The minimum Gasteiger partial charge on any atom is -0.351 e. The normalized spacial score (nSPS) is 18.1. The molecule has 0 bridgehead atoms. The second kappa shape index (κ2) is 8.24. The van der Waals surface area contributed by atoms with Gasteiger partial charge in [-0.3, -0.25) is 4.98 Å². The molecule has 0 amide bonds. The number of nitrogens with one attached hydrogen (secondary N) is 1. The maximum absolute atomic E-state index is 5.91. The van der Waals surface area contributed by atoms with Gasteiger partial charge in [0.25, 0.3) is 0 Å². The highest BCUT2D eigenvalue weighted by Crippen LogP contribution is 2.43. The van der Waals surface area contributed by atoms with E-state index in [9.17, 15) is 0 Å². The molecule has 5 rings (SSSR count). The predicted molar refractivity (Wildman–Crippen MR) is 134 cm³/mol. The Kier molecular flexibility index (Phi) is 5.27. The van der Waals surface area contributed by atoms with Crippen LogP contribution in [-0.4, -0.2) is 14.7 Å². The molecule has 1 N–H and O–H groups in total. The molecule has 0 aliphatic carbocycles. The number of nitrogens with zero attached hydrogens (tertiary/aromatic N) is 3. The van der Waals surface area contributed by atoms with E-state index in [0.29, 0.717) is 5.11 Å². The van der Waals surface area contributed by atoms with Gasteiger partial charge >= 0.3 is 0 Å². The highest BCUT2D eigenvalue weighted by Gasteiger charge is 2.42. The van der Waals surface area contributed by atoms with Crippen molar-refractivity contribution in [3.63, 3.8) is 0 Å².